The average Bonchev–Trinajstić information content (AvgIpc) is 3.22. The number of non-ortho nitro benzene ring substituents is 1. The first kappa shape index (κ1) is 23.4. The van der Waals surface area contributed by atoms with Gasteiger partial charge in [0.2, 0.25) is 5.91 Å². The number of para-hydroxylation sites is 1. The second-order valence-corrected chi connectivity index (χ2v) is 9.20. The quantitative estimate of drug-likeness (QED) is 0.385. The lowest BCUT2D eigenvalue weighted by atomic mass is 10.1. The summed E-state index contributed by atoms with van der Waals surface area (Å²) in [5.41, 5.74) is 3.11. The zero-order valence-corrected chi connectivity index (χ0v) is 19.9. The molecule has 9 nitrogen and oxygen atoms in total. The number of nitrogens with one attached hydrogen (secondary N) is 1. The predicted molar refractivity (Wildman–Crippen MR) is 138 cm³/mol. The minimum Gasteiger partial charge on any atom is -0.352 e. The maximum atomic E-state index is 13.0. The number of nitrogens with zero attached hydrogens (tertiary/aromatic N) is 4. The molecule has 5 rings (SSSR count). The third-order valence-electron chi connectivity index (χ3n) is 5.81. The summed E-state index contributed by atoms with van der Waals surface area (Å²) in [6, 6.07) is 22.5. The number of carbonyl (C=O) groups is 2. The van der Waals surface area contributed by atoms with E-state index in [-0.39, 0.29) is 18.0 Å². The Hall–Kier alpha value is -4.31. The van der Waals surface area contributed by atoms with Gasteiger partial charge in [-0.25, -0.2) is 4.99 Å². The van der Waals surface area contributed by atoms with Gasteiger partial charge in [-0.05, 0) is 23.3 Å². The number of fused-ring (bicyclic) bond motifs is 3. The molecule has 1 atom stereocenters. The number of nitro groups is 1. The smallest absolute Gasteiger partial charge is 0.271 e. The molecule has 2 aliphatic rings. The van der Waals surface area contributed by atoms with Crippen molar-refractivity contribution in [1.82, 2.24) is 10.2 Å². The number of amidine groups is 2. The van der Waals surface area contributed by atoms with Crippen molar-refractivity contribution in [1.29, 1.82) is 0 Å². The van der Waals surface area contributed by atoms with Gasteiger partial charge in [0, 0.05) is 30.0 Å². The Morgan fingerprint density at radius 1 is 1.00 bits per heavy atom. The molecule has 0 aromatic heterocycles. The summed E-state index contributed by atoms with van der Waals surface area (Å²) >= 11 is 1.34. The van der Waals surface area contributed by atoms with Crippen molar-refractivity contribution in [3.63, 3.8) is 0 Å². The molecule has 2 heterocycles. The lowest BCUT2D eigenvalue weighted by Gasteiger charge is -2.30. The Morgan fingerprint density at radius 2 is 1.75 bits per heavy atom. The third kappa shape index (κ3) is 4.89. The topological polar surface area (TPSA) is 117 Å². The van der Waals surface area contributed by atoms with Crippen molar-refractivity contribution in [2.24, 2.45) is 9.98 Å². The lowest BCUT2D eigenvalue weighted by Crippen LogP contribution is -2.45. The Bertz CT molecular complexity index is 1410. The van der Waals surface area contributed by atoms with E-state index in [0.717, 1.165) is 16.7 Å². The number of carbonyl (C=O) groups excluding carboxylic acids is 2. The lowest BCUT2D eigenvalue weighted by molar-refractivity contribution is -0.384. The van der Waals surface area contributed by atoms with E-state index in [0.29, 0.717) is 29.0 Å². The first-order valence-electron chi connectivity index (χ1n) is 11.3. The summed E-state index contributed by atoms with van der Waals surface area (Å²) in [7, 11) is 0. The van der Waals surface area contributed by atoms with Crippen LogP contribution in [0.5, 0.6) is 0 Å². The molecule has 3 aromatic rings. The van der Waals surface area contributed by atoms with Crippen LogP contribution in [0.4, 0.5) is 11.4 Å². The molecule has 1 unspecified atom stereocenters. The second-order valence-electron chi connectivity index (χ2n) is 8.25. The van der Waals surface area contributed by atoms with Gasteiger partial charge in [-0.3, -0.25) is 24.6 Å². The zero-order chi connectivity index (χ0) is 25.1. The van der Waals surface area contributed by atoms with Crippen molar-refractivity contribution in [3.8, 4) is 0 Å². The molecule has 0 fully saturated rings. The van der Waals surface area contributed by atoms with Crippen LogP contribution in [0.2, 0.25) is 0 Å². The van der Waals surface area contributed by atoms with Gasteiger partial charge in [0.25, 0.3) is 11.6 Å². The van der Waals surface area contributed by atoms with E-state index in [9.17, 15) is 19.7 Å². The fourth-order valence-electron chi connectivity index (χ4n) is 4.05. The molecule has 0 bridgehead atoms. The molecule has 0 spiro atoms. The van der Waals surface area contributed by atoms with Gasteiger partial charge in [-0.2, -0.15) is 4.99 Å². The molecule has 0 saturated heterocycles. The number of thioether (sulfide) groups is 1. The van der Waals surface area contributed by atoms with Crippen molar-refractivity contribution < 1.29 is 14.5 Å². The first-order valence-corrected chi connectivity index (χ1v) is 12.2. The SMILES string of the molecule is O=C(CC1C(=O)N=C2c3ccccc3N=C(SCc3cccc([N+](=O)[O-])c3)N21)NCc1ccccc1. The van der Waals surface area contributed by atoms with Gasteiger partial charge in [-0.1, -0.05) is 66.4 Å². The molecule has 2 aliphatic heterocycles. The second kappa shape index (κ2) is 10.1. The van der Waals surface area contributed by atoms with Crippen molar-refractivity contribution in [2.75, 3.05) is 0 Å². The molecule has 0 aliphatic carbocycles. The fourth-order valence-corrected chi connectivity index (χ4v) is 5.05. The third-order valence-corrected chi connectivity index (χ3v) is 6.83. The van der Waals surface area contributed by atoms with E-state index in [2.05, 4.69) is 10.3 Å². The summed E-state index contributed by atoms with van der Waals surface area (Å²) in [4.78, 5) is 47.2. The number of rotatable bonds is 7. The van der Waals surface area contributed by atoms with Crippen LogP contribution in [0.25, 0.3) is 0 Å². The minimum atomic E-state index is -0.819. The molecular weight excluding hydrogens is 478 g/mol. The Morgan fingerprint density at radius 3 is 2.56 bits per heavy atom. The number of aliphatic imine (C=N–C) groups is 2. The molecule has 2 amide bonds. The zero-order valence-electron chi connectivity index (χ0n) is 19.0. The van der Waals surface area contributed by atoms with Crippen LogP contribution >= 0.6 is 11.8 Å². The predicted octanol–water partition coefficient (Wildman–Crippen LogP) is 4.19. The monoisotopic (exact) mass is 499 g/mol. The standard InChI is InChI=1S/C26H21N5O4S/c32-23(27-15-17-7-2-1-3-8-17)14-22-25(33)29-24-20-11-4-5-12-21(20)28-26(30(22)24)36-16-18-9-6-10-19(13-18)31(34)35/h1-13,22H,14-16H2,(H,27,32). The largest absolute Gasteiger partial charge is 0.352 e. The van der Waals surface area contributed by atoms with Gasteiger partial charge in [-0.15, -0.1) is 0 Å². The summed E-state index contributed by atoms with van der Waals surface area (Å²) < 4.78 is 0. The average molecular weight is 500 g/mol. The highest BCUT2D eigenvalue weighted by atomic mass is 32.2. The molecule has 10 heteroatoms. The number of nitro benzene ring substituents is 1. The van der Waals surface area contributed by atoms with Crippen LogP contribution in [0.15, 0.2) is 88.8 Å². The summed E-state index contributed by atoms with van der Waals surface area (Å²) in [6.45, 7) is 0.361. The van der Waals surface area contributed by atoms with Crippen LogP contribution in [0, 0.1) is 10.1 Å². The van der Waals surface area contributed by atoms with Crippen LogP contribution in [0.1, 0.15) is 23.1 Å². The van der Waals surface area contributed by atoms with E-state index in [1.807, 2.05) is 54.6 Å². The van der Waals surface area contributed by atoms with Crippen LogP contribution < -0.4 is 5.32 Å². The van der Waals surface area contributed by atoms with Crippen molar-refractivity contribution >= 4 is 46.0 Å². The molecule has 36 heavy (non-hydrogen) atoms. The summed E-state index contributed by atoms with van der Waals surface area (Å²) in [5.74, 6) is 0.192. The minimum absolute atomic E-state index is 0.00981. The Balaban J connectivity index is 1.37. The van der Waals surface area contributed by atoms with Crippen LogP contribution in [-0.2, 0) is 21.9 Å². The van der Waals surface area contributed by atoms with Gasteiger partial charge in [0.15, 0.2) is 5.17 Å². The number of amides is 2. The van der Waals surface area contributed by atoms with Crippen molar-refractivity contribution in [2.45, 2.75) is 24.8 Å². The Labute approximate surface area is 211 Å². The summed E-state index contributed by atoms with van der Waals surface area (Å²) in [5, 5.41) is 14.5. The van der Waals surface area contributed by atoms with E-state index in [1.165, 1.54) is 23.9 Å². The molecule has 0 radical (unpaired) electrons. The maximum Gasteiger partial charge on any atom is 0.271 e. The number of hydrogen-bond acceptors (Lipinski definition) is 7. The summed E-state index contributed by atoms with van der Waals surface area (Å²) in [6.07, 6.45) is -0.0722. The van der Waals surface area contributed by atoms with Crippen LogP contribution in [-0.4, -0.2) is 38.7 Å². The van der Waals surface area contributed by atoms with E-state index in [4.69, 9.17) is 4.99 Å². The number of benzene rings is 3. The maximum absolute atomic E-state index is 13.0. The highest BCUT2D eigenvalue weighted by Crippen LogP contribution is 2.35. The highest BCUT2D eigenvalue weighted by molar-refractivity contribution is 8.13. The fraction of sp³-hybridized carbons (Fsp3) is 0.154. The van der Waals surface area contributed by atoms with Gasteiger partial charge < -0.3 is 5.32 Å². The Kier molecular flexibility index (Phi) is 6.59. The molecular formula is C26H21N5O4S. The van der Waals surface area contributed by atoms with E-state index < -0.39 is 16.9 Å². The van der Waals surface area contributed by atoms with Crippen molar-refractivity contribution in [3.05, 3.63) is 106 Å². The van der Waals surface area contributed by atoms with E-state index >= 15 is 0 Å². The molecule has 3 aromatic carbocycles. The molecule has 0 saturated carbocycles. The van der Waals surface area contributed by atoms with Gasteiger partial charge in [0.1, 0.15) is 11.9 Å². The van der Waals surface area contributed by atoms with Gasteiger partial charge >= 0.3 is 0 Å². The highest BCUT2D eigenvalue weighted by Gasteiger charge is 2.42. The first-order chi connectivity index (χ1) is 17.5. The van der Waals surface area contributed by atoms with Gasteiger partial charge in [0.05, 0.1) is 17.0 Å². The normalized spacial score (nSPS) is 16.1. The van der Waals surface area contributed by atoms with Crippen LogP contribution in [0.3, 0.4) is 0 Å². The number of hydrogen-bond donors (Lipinski definition) is 1. The van der Waals surface area contributed by atoms with E-state index in [1.54, 1.807) is 17.0 Å². The molecule has 180 valence electrons. The molecule has 1 N–H and O–H groups in total.